The molecule has 0 fully saturated rings. The van der Waals surface area contributed by atoms with Gasteiger partial charge in [0.05, 0.1) is 26.4 Å². The first-order chi connectivity index (χ1) is 50.6. The van der Waals surface area contributed by atoms with Crippen molar-refractivity contribution in [2.45, 2.75) is 477 Å². The van der Waals surface area contributed by atoms with Gasteiger partial charge in [-0.3, -0.25) is 37.3 Å². The van der Waals surface area contributed by atoms with Gasteiger partial charge in [0.25, 0.3) is 0 Å². The molecule has 0 saturated heterocycles. The first-order valence-corrected chi connectivity index (χ1v) is 47.2. The lowest BCUT2D eigenvalue weighted by atomic mass is 10.00. The molecule has 0 rings (SSSR count). The second-order valence-electron chi connectivity index (χ2n) is 30.8. The van der Waals surface area contributed by atoms with E-state index in [0.717, 1.165) is 102 Å². The van der Waals surface area contributed by atoms with Crippen molar-refractivity contribution in [2.75, 3.05) is 39.6 Å². The number of phosphoric acid groups is 2. The number of carbonyl (C=O) groups excluding carboxylic acids is 4. The molecule has 0 aliphatic rings. The Morgan fingerprint density at radius 2 is 0.462 bits per heavy atom. The molecular weight excluding hydrogens is 1350 g/mol. The molecule has 0 heterocycles. The maximum Gasteiger partial charge on any atom is 0.472 e. The second-order valence-corrected chi connectivity index (χ2v) is 33.7. The molecule has 3 unspecified atom stereocenters. The highest BCUT2D eigenvalue weighted by Gasteiger charge is 2.30. The van der Waals surface area contributed by atoms with Crippen LogP contribution in [0.3, 0.4) is 0 Å². The normalized spacial score (nSPS) is 14.0. The van der Waals surface area contributed by atoms with Crippen molar-refractivity contribution in [1.29, 1.82) is 0 Å². The Morgan fingerprint density at radius 3 is 0.683 bits per heavy atom. The molecule has 3 N–H and O–H groups in total. The van der Waals surface area contributed by atoms with Crippen LogP contribution in [0.2, 0.25) is 0 Å². The molecule has 104 heavy (non-hydrogen) atoms. The van der Waals surface area contributed by atoms with E-state index in [0.29, 0.717) is 25.7 Å². The maximum absolute atomic E-state index is 13.1. The number of esters is 4. The van der Waals surface area contributed by atoms with E-state index < -0.39 is 97.5 Å². The summed E-state index contributed by atoms with van der Waals surface area (Å²) < 4.78 is 68.8. The molecule has 0 aromatic rings. The fraction of sp³-hybridized carbons (Fsp3) is 0.953. The number of rotatable bonds is 85. The van der Waals surface area contributed by atoms with Crippen LogP contribution >= 0.6 is 15.6 Å². The Bertz CT molecular complexity index is 1980. The monoisotopic (exact) mass is 1520 g/mol. The van der Waals surface area contributed by atoms with Gasteiger partial charge in [0.1, 0.15) is 19.3 Å². The minimum absolute atomic E-state index is 0.107. The number of hydrogen-bond acceptors (Lipinski definition) is 15. The molecule has 19 heteroatoms. The van der Waals surface area contributed by atoms with Gasteiger partial charge in [-0.2, -0.15) is 0 Å². The fourth-order valence-electron chi connectivity index (χ4n) is 13.3. The predicted octanol–water partition coefficient (Wildman–Crippen LogP) is 26.0. The SMILES string of the molecule is CCCCCCCCCCCCCCCCCCCCCCCC(=O)OC[C@H](COP(=O)(O)OC[C@@H](O)COP(=O)(O)OC[C@@H](COC(=O)CCCCCCCCC(C)CC)OC(=O)CCCCCCCCCCCCCC)OC(=O)CCCCCCCCCCCCCCCCCCCCCCC. The van der Waals surface area contributed by atoms with E-state index in [4.69, 9.17) is 37.0 Å². The molecule has 0 aromatic carbocycles. The van der Waals surface area contributed by atoms with Gasteiger partial charge in [-0.25, -0.2) is 9.13 Å². The number of ether oxygens (including phenoxy) is 4. The van der Waals surface area contributed by atoms with E-state index in [9.17, 15) is 43.2 Å². The van der Waals surface area contributed by atoms with Crippen LogP contribution in [0.5, 0.6) is 0 Å². The van der Waals surface area contributed by atoms with Gasteiger partial charge in [0, 0.05) is 25.7 Å². The van der Waals surface area contributed by atoms with E-state index in [2.05, 4.69) is 34.6 Å². The molecule has 0 aliphatic carbocycles. The highest BCUT2D eigenvalue weighted by Crippen LogP contribution is 2.45. The Hall–Kier alpha value is -1.94. The molecular formula is C85H166O17P2. The van der Waals surface area contributed by atoms with Crippen LogP contribution in [0.1, 0.15) is 458 Å². The van der Waals surface area contributed by atoms with Crippen molar-refractivity contribution in [3.05, 3.63) is 0 Å². The molecule has 0 amide bonds. The molecule has 618 valence electrons. The van der Waals surface area contributed by atoms with Gasteiger partial charge in [-0.1, -0.05) is 407 Å². The van der Waals surface area contributed by atoms with Crippen molar-refractivity contribution in [2.24, 2.45) is 5.92 Å². The number of phosphoric ester groups is 2. The number of carbonyl (C=O) groups is 4. The van der Waals surface area contributed by atoms with Crippen molar-refractivity contribution < 1.29 is 80.2 Å². The molecule has 0 radical (unpaired) electrons. The lowest BCUT2D eigenvalue weighted by Crippen LogP contribution is -2.30. The van der Waals surface area contributed by atoms with Crippen LogP contribution in [0.25, 0.3) is 0 Å². The molecule has 17 nitrogen and oxygen atoms in total. The number of aliphatic hydroxyl groups is 1. The van der Waals surface area contributed by atoms with E-state index in [1.54, 1.807) is 0 Å². The smallest absolute Gasteiger partial charge is 0.462 e. The van der Waals surface area contributed by atoms with Crippen molar-refractivity contribution >= 4 is 39.5 Å². The van der Waals surface area contributed by atoms with Crippen molar-refractivity contribution in [3.8, 4) is 0 Å². The summed E-state index contributed by atoms with van der Waals surface area (Å²) in [6.45, 7) is 7.30. The molecule has 0 bridgehead atoms. The third-order valence-corrected chi connectivity index (χ3v) is 22.3. The van der Waals surface area contributed by atoms with Gasteiger partial charge in [0.2, 0.25) is 0 Å². The first kappa shape index (κ1) is 102. The Balaban J connectivity index is 5.19. The van der Waals surface area contributed by atoms with Gasteiger partial charge in [0.15, 0.2) is 12.2 Å². The van der Waals surface area contributed by atoms with Gasteiger partial charge >= 0.3 is 39.5 Å². The summed E-state index contributed by atoms with van der Waals surface area (Å²) in [4.78, 5) is 73.1. The topological polar surface area (TPSA) is 237 Å². The van der Waals surface area contributed by atoms with Crippen molar-refractivity contribution in [1.82, 2.24) is 0 Å². The lowest BCUT2D eigenvalue weighted by molar-refractivity contribution is -0.161. The highest BCUT2D eigenvalue weighted by molar-refractivity contribution is 7.47. The van der Waals surface area contributed by atoms with E-state index in [1.165, 1.54) is 276 Å². The molecule has 6 atom stereocenters. The Labute approximate surface area is 638 Å². The zero-order chi connectivity index (χ0) is 76.2. The summed E-state index contributed by atoms with van der Waals surface area (Å²) in [5.41, 5.74) is 0. The standard InChI is InChI=1S/C85H166O17P2/c1-6-10-13-16-19-22-25-28-30-32-34-36-38-40-42-44-47-49-52-58-63-68-82(87)95-74-80(101-85(90)71-66-61-54-51-48-45-43-41-39-37-35-33-31-29-26-23-20-17-14-11-7-2)76-99-103(91,92)97-72-79(86)73-98-104(93,94)100-77-81(75-96-83(88)69-64-59-56-55-57-62-67-78(5)9-4)102-84(89)70-65-60-53-50-46-27-24-21-18-15-12-8-3/h78-81,86H,6-77H2,1-5H3,(H,91,92)(H,93,94)/t78?,79-,80-,81-/m1/s1. The van der Waals surface area contributed by atoms with Gasteiger partial charge in [-0.15, -0.1) is 0 Å². The third-order valence-electron chi connectivity index (χ3n) is 20.4. The zero-order valence-corrected chi connectivity index (χ0v) is 70.0. The Morgan fingerprint density at radius 1 is 0.269 bits per heavy atom. The second kappa shape index (κ2) is 77.8. The van der Waals surface area contributed by atoms with Crippen LogP contribution in [0.15, 0.2) is 0 Å². The van der Waals surface area contributed by atoms with E-state index in [-0.39, 0.29) is 25.7 Å². The van der Waals surface area contributed by atoms with Crippen LogP contribution in [-0.2, 0) is 65.4 Å². The van der Waals surface area contributed by atoms with Crippen LogP contribution in [-0.4, -0.2) is 96.7 Å². The largest absolute Gasteiger partial charge is 0.472 e. The summed E-state index contributed by atoms with van der Waals surface area (Å²) in [7, 11) is -9.92. The number of unbranched alkanes of at least 4 members (excludes halogenated alkanes) is 56. The van der Waals surface area contributed by atoms with Crippen LogP contribution < -0.4 is 0 Å². The third kappa shape index (κ3) is 76.8. The zero-order valence-electron chi connectivity index (χ0n) is 68.2. The summed E-state index contributed by atoms with van der Waals surface area (Å²) in [5.74, 6) is -1.37. The molecule has 0 spiro atoms. The predicted molar refractivity (Wildman–Crippen MR) is 428 cm³/mol. The van der Waals surface area contributed by atoms with Gasteiger partial charge in [-0.05, 0) is 31.6 Å². The van der Waals surface area contributed by atoms with Crippen LogP contribution in [0.4, 0.5) is 0 Å². The van der Waals surface area contributed by atoms with Gasteiger partial charge < -0.3 is 33.8 Å². The van der Waals surface area contributed by atoms with Crippen molar-refractivity contribution in [3.63, 3.8) is 0 Å². The van der Waals surface area contributed by atoms with Crippen LogP contribution in [0, 0.1) is 5.92 Å². The maximum atomic E-state index is 13.1. The average Bonchev–Trinajstić information content (AvgIpc) is 0.931. The highest BCUT2D eigenvalue weighted by atomic mass is 31.2. The fourth-order valence-corrected chi connectivity index (χ4v) is 14.8. The van der Waals surface area contributed by atoms with E-state index >= 15 is 0 Å². The van der Waals surface area contributed by atoms with E-state index in [1.807, 2.05) is 0 Å². The number of aliphatic hydroxyl groups excluding tert-OH is 1. The minimum atomic E-state index is -4.96. The molecule has 0 aliphatic heterocycles. The lowest BCUT2D eigenvalue weighted by Gasteiger charge is -2.21. The Kier molecular flexibility index (Phi) is 76.3. The summed E-state index contributed by atoms with van der Waals surface area (Å²) >= 11 is 0. The molecule has 0 aromatic heterocycles. The first-order valence-electron chi connectivity index (χ1n) is 44.2. The minimum Gasteiger partial charge on any atom is -0.462 e. The quantitative estimate of drug-likeness (QED) is 0.0222. The summed E-state index contributed by atoms with van der Waals surface area (Å²) in [6.07, 6.45) is 71.0. The molecule has 0 saturated carbocycles. The number of hydrogen-bond donors (Lipinski definition) is 3. The average molecular weight is 1520 g/mol. The summed E-state index contributed by atoms with van der Waals surface area (Å²) in [5, 5.41) is 10.7. The summed E-state index contributed by atoms with van der Waals surface area (Å²) in [6, 6.07) is 0.